The van der Waals surface area contributed by atoms with Crippen LogP contribution in [0.1, 0.15) is 258 Å². The van der Waals surface area contributed by atoms with Gasteiger partial charge in [0, 0.05) is 19.3 Å². The van der Waals surface area contributed by atoms with Crippen LogP contribution in [-0.2, 0) is 28.6 Å². The normalized spacial score (nSPS) is 12.1. The van der Waals surface area contributed by atoms with Gasteiger partial charge < -0.3 is 14.2 Å². The molecule has 0 N–H and O–H groups in total. The Morgan fingerprint density at radius 3 is 0.982 bits per heavy atom. The van der Waals surface area contributed by atoms with E-state index in [0.29, 0.717) is 19.3 Å². The minimum absolute atomic E-state index is 0.0708. The Morgan fingerprint density at radius 1 is 0.357 bits per heavy atom. The van der Waals surface area contributed by atoms with Crippen LogP contribution < -0.4 is 0 Å². The molecule has 0 spiro atoms. The van der Waals surface area contributed by atoms with Crippen molar-refractivity contribution in [1.82, 2.24) is 0 Å². The van der Waals surface area contributed by atoms with Gasteiger partial charge in [-0.1, -0.05) is 218 Å². The van der Waals surface area contributed by atoms with Gasteiger partial charge in [-0.3, -0.25) is 14.4 Å². The van der Waals surface area contributed by atoms with E-state index in [1.165, 1.54) is 154 Å². The molecule has 6 heteroatoms. The molecule has 0 aromatic heterocycles. The molecule has 328 valence electrons. The molecule has 0 radical (unpaired) electrons. The number of hydrogen-bond acceptors (Lipinski definition) is 6. The third kappa shape index (κ3) is 43.0. The summed E-state index contributed by atoms with van der Waals surface area (Å²) < 4.78 is 16.7. The summed E-state index contributed by atoms with van der Waals surface area (Å²) in [5, 5.41) is 0. The predicted octanol–water partition coefficient (Wildman–Crippen LogP) is 15.6. The Kier molecular flexibility index (Phi) is 43.9. The number of rotatable bonds is 44. The fourth-order valence-electron chi connectivity index (χ4n) is 7.02. The summed E-state index contributed by atoms with van der Waals surface area (Å²) in [4.78, 5) is 37.8. The topological polar surface area (TPSA) is 78.9 Å². The van der Waals surface area contributed by atoms with Gasteiger partial charge >= 0.3 is 17.9 Å². The van der Waals surface area contributed by atoms with Gasteiger partial charge in [-0.15, -0.1) is 0 Å². The molecule has 0 aliphatic carbocycles. The van der Waals surface area contributed by atoms with Crippen LogP contribution >= 0.6 is 0 Å². The smallest absolute Gasteiger partial charge is 0.306 e. The van der Waals surface area contributed by atoms with Gasteiger partial charge in [-0.05, 0) is 44.9 Å². The van der Waals surface area contributed by atoms with E-state index in [1.807, 2.05) is 0 Å². The Morgan fingerprint density at radius 2 is 0.625 bits per heavy atom. The largest absolute Gasteiger partial charge is 0.462 e. The summed E-state index contributed by atoms with van der Waals surface area (Å²) in [5.74, 6) is -0.875. The molecule has 0 aromatic rings. The summed E-state index contributed by atoms with van der Waals surface area (Å²) in [6.07, 6.45) is 50.1. The van der Waals surface area contributed by atoms with Gasteiger partial charge in [0.05, 0.1) is 0 Å². The second kappa shape index (κ2) is 45.6. The number of unbranched alkanes of at least 4 members (excludes halogenated alkanes) is 30. The average Bonchev–Trinajstić information content (AvgIpc) is 3.19. The molecule has 0 saturated heterocycles. The highest BCUT2D eigenvalue weighted by Gasteiger charge is 2.19. The van der Waals surface area contributed by atoms with Gasteiger partial charge in [-0.25, -0.2) is 0 Å². The lowest BCUT2D eigenvalue weighted by Crippen LogP contribution is -2.30. The zero-order valence-electron chi connectivity index (χ0n) is 37.4. The molecule has 0 heterocycles. The molecule has 0 saturated carbocycles. The van der Waals surface area contributed by atoms with Crippen LogP contribution in [-0.4, -0.2) is 37.2 Å². The van der Waals surface area contributed by atoms with Crippen molar-refractivity contribution < 1.29 is 28.6 Å². The molecular formula is C50H92O6. The Labute approximate surface area is 347 Å². The van der Waals surface area contributed by atoms with Gasteiger partial charge in [-0.2, -0.15) is 0 Å². The number of carbonyl (C=O) groups is 3. The summed E-state index contributed by atoms with van der Waals surface area (Å²) in [7, 11) is 0. The summed E-state index contributed by atoms with van der Waals surface area (Å²) >= 11 is 0. The maximum absolute atomic E-state index is 12.7. The van der Waals surface area contributed by atoms with E-state index in [4.69, 9.17) is 14.2 Å². The fourth-order valence-corrected chi connectivity index (χ4v) is 7.02. The first-order valence-corrected chi connectivity index (χ1v) is 24.4. The van der Waals surface area contributed by atoms with E-state index >= 15 is 0 Å². The first-order chi connectivity index (χ1) is 27.5. The molecule has 56 heavy (non-hydrogen) atoms. The predicted molar refractivity (Wildman–Crippen MR) is 238 cm³/mol. The Hall–Kier alpha value is -2.11. The molecule has 0 amide bonds. The van der Waals surface area contributed by atoms with Crippen molar-refractivity contribution in [2.75, 3.05) is 13.2 Å². The zero-order chi connectivity index (χ0) is 40.8. The fraction of sp³-hybridized carbons (Fsp3) is 0.860. The molecular weight excluding hydrogens is 697 g/mol. The molecule has 0 bridgehead atoms. The van der Waals surface area contributed by atoms with Gasteiger partial charge in [0.15, 0.2) is 6.10 Å². The maximum atomic E-state index is 12.7. The van der Waals surface area contributed by atoms with Crippen LogP contribution in [0.2, 0.25) is 0 Å². The van der Waals surface area contributed by atoms with E-state index in [-0.39, 0.29) is 31.1 Å². The molecule has 1 atom stereocenters. The lowest BCUT2D eigenvalue weighted by Gasteiger charge is -2.18. The maximum Gasteiger partial charge on any atom is 0.306 e. The van der Waals surface area contributed by atoms with E-state index < -0.39 is 6.10 Å². The third-order valence-electron chi connectivity index (χ3n) is 10.7. The summed E-state index contributed by atoms with van der Waals surface area (Å²) in [6, 6.07) is 0. The van der Waals surface area contributed by atoms with Crippen LogP contribution in [0.15, 0.2) is 24.3 Å². The lowest BCUT2D eigenvalue weighted by molar-refractivity contribution is -0.167. The number of ether oxygens (including phenoxy) is 3. The summed E-state index contributed by atoms with van der Waals surface area (Å²) in [6.45, 7) is 6.60. The van der Waals surface area contributed by atoms with Crippen LogP contribution in [0, 0.1) is 0 Å². The quantitative estimate of drug-likeness (QED) is 0.0265. The standard InChI is InChI=1S/C50H92O6/c1-4-7-10-13-16-19-22-24-25-27-28-31-34-37-40-43-49(52)55-46-47(45-54-48(51)42-39-36-33-30-21-18-15-12-9-6-3)56-50(53)44-41-38-35-32-29-26-23-20-17-14-11-8-5-2/h16,19,22,24,47H,4-15,17-18,20-21,23,25-46H2,1-3H3/b19-16-,24-22-. The minimum atomic E-state index is -0.768. The molecule has 0 aliphatic rings. The first kappa shape index (κ1) is 53.9. The number of allylic oxidation sites excluding steroid dienone is 4. The second-order valence-electron chi connectivity index (χ2n) is 16.4. The highest BCUT2D eigenvalue weighted by molar-refractivity contribution is 5.71. The van der Waals surface area contributed by atoms with Crippen molar-refractivity contribution in [1.29, 1.82) is 0 Å². The minimum Gasteiger partial charge on any atom is -0.462 e. The lowest BCUT2D eigenvalue weighted by atomic mass is 10.0. The molecule has 0 rings (SSSR count). The molecule has 1 unspecified atom stereocenters. The zero-order valence-corrected chi connectivity index (χ0v) is 37.4. The SMILES string of the molecule is CCCCC/C=C\C=C/CCCCCCCCC(=O)OCC(COC(=O)CCCCCCCCCCCC)OC(=O)CCCCCCCCCCCCCCC. The Bertz CT molecular complexity index is 911. The second-order valence-corrected chi connectivity index (χ2v) is 16.4. The van der Waals surface area contributed by atoms with Gasteiger partial charge in [0.1, 0.15) is 13.2 Å². The van der Waals surface area contributed by atoms with E-state index in [1.54, 1.807) is 0 Å². The van der Waals surface area contributed by atoms with Crippen molar-refractivity contribution >= 4 is 17.9 Å². The van der Waals surface area contributed by atoms with E-state index in [2.05, 4.69) is 45.1 Å². The van der Waals surface area contributed by atoms with Crippen molar-refractivity contribution in [3.8, 4) is 0 Å². The van der Waals surface area contributed by atoms with Gasteiger partial charge in [0.25, 0.3) is 0 Å². The average molecular weight is 789 g/mol. The van der Waals surface area contributed by atoms with E-state index in [0.717, 1.165) is 64.2 Å². The van der Waals surface area contributed by atoms with Crippen LogP contribution in [0.3, 0.4) is 0 Å². The first-order valence-electron chi connectivity index (χ1n) is 24.4. The Balaban J connectivity index is 4.35. The van der Waals surface area contributed by atoms with Crippen LogP contribution in [0.5, 0.6) is 0 Å². The third-order valence-corrected chi connectivity index (χ3v) is 10.7. The van der Waals surface area contributed by atoms with Crippen molar-refractivity contribution in [3.63, 3.8) is 0 Å². The summed E-state index contributed by atoms with van der Waals surface area (Å²) in [5.41, 5.74) is 0. The molecule has 0 fully saturated rings. The number of hydrogen-bond donors (Lipinski definition) is 0. The van der Waals surface area contributed by atoms with Crippen LogP contribution in [0.4, 0.5) is 0 Å². The highest BCUT2D eigenvalue weighted by Crippen LogP contribution is 2.15. The molecule has 6 nitrogen and oxygen atoms in total. The van der Waals surface area contributed by atoms with E-state index in [9.17, 15) is 14.4 Å². The van der Waals surface area contributed by atoms with Gasteiger partial charge in [0.2, 0.25) is 0 Å². The highest BCUT2D eigenvalue weighted by atomic mass is 16.6. The number of esters is 3. The van der Waals surface area contributed by atoms with Crippen molar-refractivity contribution in [2.24, 2.45) is 0 Å². The number of carbonyl (C=O) groups excluding carboxylic acids is 3. The molecule has 0 aromatic carbocycles. The van der Waals surface area contributed by atoms with Crippen molar-refractivity contribution in [3.05, 3.63) is 24.3 Å². The van der Waals surface area contributed by atoms with Crippen LogP contribution in [0.25, 0.3) is 0 Å². The van der Waals surface area contributed by atoms with Crippen molar-refractivity contribution in [2.45, 2.75) is 264 Å². The molecule has 0 aliphatic heterocycles. The monoisotopic (exact) mass is 789 g/mol.